The molecule has 0 bridgehead atoms. The zero-order valence-corrected chi connectivity index (χ0v) is 20.4. The Bertz CT molecular complexity index is 1600. The first-order valence-corrected chi connectivity index (χ1v) is 12.4. The van der Waals surface area contributed by atoms with Crippen LogP contribution in [-0.4, -0.2) is 41.7 Å². The molecule has 3 heterocycles. The second-order valence-electron chi connectivity index (χ2n) is 9.76. The van der Waals surface area contributed by atoms with Gasteiger partial charge < -0.3 is 9.15 Å². The average Bonchev–Trinajstić information content (AvgIpc) is 3.66. The van der Waals surface area contributed by atoms with Gasteiger partial charge in [-0.2, -0.15) is 5.10 Å². The number of nitrogens with zero attached hydrogens (tertiary/aromatic N) is 2. The topological polar surface area (TPSA) is 89.2 Å². The third kappa shape index (κ3) is 2.78. The van der Waals surface area contributed by atoms with E-state index in [1.807, 2.05) is 24.3 Å². The molecule has 38 heavy (non-hydrogen) atoms. The Kier molecular flexibility index (Phi) is 4.79. The Labute approximate surface area is 218 Å². The molecule has 0 N–H and O–H groups in total. The monoisotopic (exact) mass is 502 g/mol. The van der Waals surface area contributed by atoms with Gasteiger partial charge in [0, 0.05) is 16.7 Å². The third-order valence-electron chi connectivity index (χ3n) is 8.07. The van der Waals surface area contributed by atoms with Crippen molar-refractivity contribution < 1.29 is 23.5 Å². The predicted molar refractivity (Wildman–Crippen MR) is 139 cm³/mol. The van der Waals surface area contributed by atoms with Gasteiger partial charge in [0.2, 0.25) is 0 Å². The van der Waals surface area contributed by atoms with E-state index in [-0.39, 0.29) is 17.3 Å². The van der Waals surface area contributed by atoms with E-state index in [0.717, 1.165) is 11.1 Å². The molecule has 0 amide bonds. The molecule has 3 aliphatic rings. The summed E-state index contributed by atoms with van der Waals surface area (Å²) in [4.78, 5) is 43.4. The summed E-state index contributed by atoms with van der Waals surface area (Å²) >= 11 is 0. The summed E-state index contributed by atoms with van der Waals surface area (Å²) in [6.07, 6.45) is 3.19. The van der Waals surface area contributed by atoms with Crippen molar-refractivity contribution in [2.45, 2.75) is 18.0 Å². The molecule has 7 rings (SSSR count). The van der Waals surface area contributed by atoms with E-state index in [2.05, 4.69) is 0 Å². The van der Waals surface area contributed by atoms with Gasteiger partial charge in [-0.3, -0.25) is 19.4 Å². The van der Waals surface area contributed by atoms with Crippen LogP contribution in [0.25, 0.3) is 0 Å². The van der Waals surface area contributed by atoms with Crippen molar-refractivity contribution in [1.82, 2.24) is 5.01 Å². The number of hydrogen-bond acceptors (Lipinski definition) is 7. The molecule has 4 aromatic rings. The summed E-state index contributed by atoms with van der Waals surface area (Å²) in [7, 11) is 1.56. The quantitative estimate of drug-likeness (QED) is 0.285. The van der Waals surface area contributed by atoms with Gasteiger partial charge in [-0.25, -0.2) is 0 Å². The SMILES string of the molecule is COc1ccc(C(=O)[C@@H]2[C@@H](c3ccco3)C3(C(=O)c4ccccc4C3=O)C3c4ccccc4C=NN32)cc1. The number of carbonyl (C=O) groups is 3. The molecule has 1 spiro atoms. The van der Waals surface area contributed by atoms with Crippen molar-refractivity contribution in [2.24, 2.45) is 10.5 Å². The highest BCUT2D eigenvalue weighted by atomic mass is 16.5. The van der Waals surface area contributed by atoms with E-state index >= 15 is 0 Å². The summed E-state index contributed by atoms with van der Waals surface area (Å²) in [5, 5.41) is 6.38. The van der Waals surface area contributed by atoms with Gasteiger partial charge in [0.05, 0.1) is 31.5 Å². The van der Waals surface area contributed by atoms with Crippen molar-refractivity contribution in [3.63, 3.8) is 0 Å². The van der Waals surface area contributed by atoms with Crippen LogP contribution in [0.2, 0.25) is 0 Å². The third-order valence-corrected chi connectivity index (χ3v) is 8.07. The minimum atomic E-state index is -1.64. The highest BCUT2D eigenvalue weighted by Gasteiger charge is 2.73. The molecular formula is C31H22N2O5. The molecule has 3 aromatic carbocycles. The number of ketones is 3. The lowest BCUT2D eigenvalue weighted by Crippen LogP contribution is -2.43. The normalized spacial score (nSPS) is 22.3. The van der Waals surface area contributed by atoms with Crippen LogP contribution in [0.1, 0.15) is 59.9 Å². The van der Waals surface area contributed by atoms with Gasteiger partial charge in [0.25, 0.3) is 0 Å². The zero-order valence-electron chi connectivity index (χ0n) is 20.4. The number of furan rings is 1. The number of hydrogen-bond donors (Lipinski definition) is 0. The fraction of sp³-hybridized carbons (Fsp3) is 0.161. The van der Waals surface area contributed by atoms with E-state index in [9.17, 15) is 14.4 Å². The van der Waals surface area contributed by atoms with Crippen LogP contribution in [-0.2, 0) is 0 Å². The molecular weight excluding hydrogens is 480 g/mol. The first-order chi connectivity index (χ1) is 18.6. The molecule has 1 fully saturated rings. The van der Waals surface area contributed by atoms with E-state index in [1.54, 1.807) is 79.0 Å². The van der Waals surface area contributed by atoms with Crippen molar-refractivity contribution in [3.05, 3.63) is 125 Å². The average molecular weight is 503 g/mol. The highest BCUT2D eigenvalue weighted by Crippen LogP contribution is 2.64. The lowest BCUT2D eigenvalue weighted by atomic mass is 9.64. The number of methoxy groups -OCH3 is 1. The number of hydrazone groups is 1. The molecule has 2 aliphatic heterocycles. The van der Waals surface area contributed by atoms with Crippen LogP contribution in [0.5, 0.6) is 5.75 Å². The number of carbonyl (C=O) groups excluding carboxylic acids is 3. The second kappa shape index (κ2) is 8.11. The maximum atomic E-state index is 14.5. The van der Waals surface area contributed by atoms with Gasteiger partial charge in [-0.1, -0.05) is 48.5 Å². The number of fused-ring (bicyclic) bond motifs is 5. The van der Waals surface area contributed by atoms with Gasteiger partial charge in [-0.05, 0) is 47.5 Å². The van der Waals surface area contributed by atoms with E-state index in [0.29, 0.717) is 28.2 Å². The number of ether oxygens (including phenoxy) is 1. The van der Waals surface area contributed by atoms with Gasteiger partial charge >= 0.3 is 0 Å². The highest BCUT2D eigenvalue weighted by molar-refractivity contribution is 6.31. The maximum Gasteiger partial charge on any atom is 0.187 e. The van der Waals surface area contributed by atoms with Gasteiger partial charge in [-0.15, -0.1) is 0 Å². The van der Waals surface area contributed by atoms with Crippen molar-refractivity contribution >= 4 is 23.6 Å². The maximum absolute atomic E-state index is 14.5. The van der Waals surface area contributed by atoms with E-state index < -0.39 is 23.4 Å². The zero-order chi connectivity index (χ0) is 26.0. The Hall–Kier alpha value is -4.78. The standard InChI is InChI=1S/C31H22N2O5/c1-37-20-14-12-18(13-15-20)27(34)26-25(24-11-6-16-38-24)31(29(35)22-9-4-5-10-23(22)30(31)36)28-21-8-3-2-7-19(21)17-32-33(26)28/h2-17,25-26,28H,1H3/t25-,26+,28?/m1/s1. The first kappa shape index (κ1) is 22.4. The lowest BCUT2D eigenvalue weighted by Gasteiger charge is -2.36. The van der Waals surface area contributed by atoms with Gasteiger partial charge in [0.15, 0.2) is 17.3 Å². The number of rotatable bonds is 4. The van der Waals surface area contributed by atoms with Crippen LogP contribution in [0.4, 0.5) is 0 Å². The number of benzene rings is 3. The smallest absolute Gasteiger partial charge is 0.187 e. The van der Waals surface area contributed by atoms with Crippen LogP contribution in [0.3, 0.4) is 0 Å². The molecule has 186 valence electrons. The Balaban J connectivity index is 1.51. The molecule has 7 heteroatoms. The molecule has 0 radical (unpaired) electrons. The van der Waals surface area contributed by atoms with E-state index in [1.165, 1.54) is 6.26 Å². The summed E-state index contributed by atoms with van der Waals surface area (Å²) in [5.41, 5.74) is 1.09. The molecule has 1 saturated heterocycles. The van der Waals surface area contributed by atoms with E-state index in [4.69, 9.17) is 14.3 Å². The van der Waals surface area contributed by atoms with Crippen LogP contribution < -0.4 is 4.74 Å². The predicted octanol–water partition coefficient (Wildman–Crippen LogP) is 5.09. The minimum absolute atomic E-state index is 0.260. The number of Topliss-reactive ketones (excluding diaryl/α,β-unsaturated/α-hetero) is 3. The summed E-state index contributed by atoms with van der Waals surface area (Å²) in [5.74, 6) is -0.783. The summed E-state index contributed by atoms with van der Waals surface area (Å²) < 4.78 is 11.2. The Morgan fingerprint density at radius 1 is 0.895 bits per heavy atom. The fourth-order valence-corrected chi connectivity index (χ4v) is 6.48. The Morgan fingerprint density at radius 2 is 1.58 bits per heavy atom. The Morgan fingerprint density at radius 3 is 2.24 bits per heavy atom. The molecule has 1 aromatic heterocycles. The molecule has 3 atom stereocenters. The van der Waals surface area contributed by atoms with Crippen LogP contribution in [0.15, 0.2) is 101 Å². The van der Waals surface area contributed by atoms with Crippen LogP contribution >= 0.6 is 0 Å². The summed E-state index contributed by atoms with van der Waals surface area (Å²) in [6, 6.07) is 23.0. The van der Waals surface area contributed by atoms with Gasteiger partial charge in [0.1, 0.15) is 23.0 Å². The van der Waals surface area contributed by atoms with Crippen molar-refractivity contribution in [2.75, 3.05) is 7.11 Å². The molecule has 7 nitrogen and oxygen atoms in total. The van der Waals surface area contributed by atoms with Crippen molar-refractivity contribution in [1.29, 1.82) is 0 Å². The minimum Gasteiger partial charge on any atom is -0.497 e. The first-order valence-electron chi connectivity index (χ1n) is 12.4. The molecule has 1 aliphatic carbocycles. The lowest BCUT2D eigenvalue weighted by molar-refractivity contribution is 0.0579. The van der Waals surface area contributed by atoms with Crippen LogP contribution in [0, 0.1) is 5.41 Å². The molecule has 1 unspecified atom stereocenters. The molecule has 0 saturated carbocycles. The van der Waals surface area contributed by atoms with Crippen molar-refractivity contribution in [3.8, 4) is 5.75 Å². The fourth-order valence-electron chi connectivity index (χ4n) is 6.48. The largest absolute Gasteiger partial charge is 0.497 e. The second-order valence-corrected chi connectivity index (χ2v) is 9.76. The summed E-state index contributed by atoms with van der Waals surface area (Å²) in [6.45, 7) is 0.